The molecule has 2 fully saturated rings. The Morgan fingerprint density at radius 1 is 1.14 bits per heavy atom. The van der Waals surface area contributed by atoms with Crippen molar-refractivity contribution in [3.05, 3.63) is 35.4 Å². The molecule has 2 saturated heterocycles. The van der Waals surface area contributed by atoms with Crippen LogP contribution in [-0.2, 0) is 9.47 Å². The minimum absolute atomic E-state index is 0.118. The highest BCUT2D eigenvalue weighted by molar-refractivity contribution is 5.99. The Morgan fingerprint density at radius 2 is 1.77 bits per heavy atom. The molecule has 2 bridgehead atoms. The lowest BCUT2D eigenvalue weighted by Gasteiger charge is -2.40. The summed E-state index contributed by atoms with van der Waals surface area (Å²) in [5, 5.41) is 3.65. The van der Waals surface area contributed by atoms with Crippen molar-refractivity contribution in [1.82, 2.24) is 5.32 Å². The minimum atomic E-state index is -0.485. The van der Waals surface area contributed by atoms with Crippen molar-refractivity contribution < 1.29 is 14.3 Å². The van der Waals surface area contributed by atoms with Crippen LogP contribution >= 0.6 is 0 Å². The first-order valence-corrected chi connectivity index (χ1v) is 8.17. The van der Waals surface area contributed by atoms with Crippen LogP contribution < -0.4 is 5.32 Å². The second-order valence-corrected chi connectivity index (χ2v) is 6.41. The third-order valence-electron chi connectivity index (χ3n) is 4.99. The summed E-state index contributed by atoms with van der Waals surface area (Å²) in [4.78, 5) is 13.0. The molecule has 120 valence electrons. The maximum atomic E-state index is 13.0. The van der Waals surface area contributed by atoms with Crippen LogP contribution in [0.15, 0.2) is 24.3 Å². The van der Waals surface area contributed by atoms with Crippen molar-refractivity contribution in [3.8, 4) is 0 Å². The van der Waals surface area contributed by atoms with Crippen LogP contribution in [0.1, 0.15) is 54.3 Å². The smallest absolute Gasteiger partial charge is 0.183 e. The van der Waals surface area contributed by atoms with E-state index in [0.717, 1.165) is 24.0 Å². The number of benzene rings is 1. The number of Topliss-reactive ketones (excluding diaryl/α,β-unsaturated/α-hetero) is 1. The first-order valence-electron chi connectivity index (χ1n) is 8.17. The zero-order valence-corrected chi connectivity index (χ0v) is 13.4. The van der Waals surface area contributed by atoms with Crippen molar-refractivity contribution in [1.29, 1.82) is 0 Å². The van der Waals surface area contributed by atoms with E-state index in [-0.39, 0.29) is 11.7 Å². The van der Waals surface area contributed by atoms with Crippen molar-refractivity contribution >= 4 is 5.78 Å². The van der Waals surface area contributed by atoms with E-state index in [1.54, 1.807) is 14.2 Å². The van der Waals surface area contributed by atoms with Gasteiger partial charge in [-0.1, -0.05) is 30.7 Å². The summed E-state index contributed by atoms with van der Waals surface area (Å²) in [6, 6.07) is 8.69. The fourth-order valence-electron chi connectivity index (χ4n) is 3.98. The number of piperidine rings is 2. The van der Waals surface area contributed by atoms with Gasteiger partial charge in [-0.2, -0.15) is 0 Å². The number of ether oxygens (including phenoxy) is 2. The summed E-state index contributed by atoms with van der Waals surface area (Å²) >= 11 is 0. The Labute approximate surface area is 132 Å². The number of fused-ring (bicyclic) bond motifs is 2. The van der Waals surface area contributed by atoms with Crippen molar-refractivity contribution in [2.75, 3.05) is 14.2 Å². The number of carbonyl (C=O) groups excluding carboxylic acids is 1. The number of methoxy groups -OCH3 is 2. The second kappa shape index (κ2) is 6.90. The predicted molar refractivity (Wildman–Crippen MR) is 84.8 cm³/mol. The normalized spacial score (nSPS) is 27.9. The van der Waals surface area contributed by atoms with Crippen molar-refractivity contribution in [2.45, 2.75) is 50.5 Å². The van der Waals surface area contributed by atoms with Crippen LogP contribution in [-0.4, -0.2) is 32.1 Å². The van der Waals surface area contributed by atoms with Gasteiger partial charge in [-0.25, -0.2) is 0 Å². The van der Waals surface area contributed by atoms with Gasteiger partial charge < -0.3 is 14.8 Å². The molecule has 2 heterocycles. The fourth-order valence-corrected chi connectivity index (χ4v) is 3.98. The standard InChI is InChI=1S/C18H25NO3/c1-21-18(22-2)16-9-4-3-8-15(16)17(20)12-10-13-6-5-7-14(11-12)19-13/h3-4,8-9,12-14,18-19H,5-7,10-11H2,1-2H3. The monoisotopic (exact) mass is 303 g/mol. The van der Waals surface area contributed by atoms with E-state index in [1.807, 2.05) is 24.3 Å². The van der Waals surface area contributed by atoms with E-state index < -0.39 is 6.29 Å². The Morgan fingerprint density at radius 3 is 2.41 bits per heavy atom. The quantitative estimate of drug-likeness (QED) is 0.671. The molecule has 1 N–H and O–H groups in total. The van der Waals surface area contributed by atoms with Gasteiger partial charge in [-0.05, 0) is 25.7 Å². The fraction of sp³-hybridized carbons (Fsp3) is 0.611. The minimum Gasteiger partial charge on any atom is -0.352 e. The molecule has 4 nitrogen and oxygen atoms in total. The summed E-state index contributed by atoms with van der Waals surface area (Å²) < 4.78 is 10.7. The van der Waals surface area contributed by atoms with Crippen LogP contribution in [0.4, 0.5) is 0 Å². The molecule has 22 heavy (non-hydrogen) atoms. The SMILES string of the molecule is COC(OC)c1ccccc1C(=O)C1CC2CCCC(C1)N2. The van der Waals surface area contributed by atoms with E-state index in [4.69, 9.17) is 9.47 Å². The average Bonchev–Trinajstić information content (AvgIpc) is 2.55. The van der Waals surface area contributed by atoms with Gasteiger partial charge in [0.1, 0.15) is 0 Å². The first-order chi connectivity index (χ1) is 10.7. The third-order valence-corrected chi connectivity index (χ3v) is 4.99. The Hall–Kier alpha value is -1.23. The van der Waals surface area contributed by atoms with Crippen LogP contribution in [0, 0.1) is 5.92 Å². The lowest BCUT2D eigenvalue weighted by molar-refractivity contribution is -0.106. The summed E-state index contributed by atoms with van der Waals surface area (Å²) in [5.41, 5.74) is 1.59. The van der Waals surface area contributed by atoms with Gasteiger partial charge >= 0.3 is 0 Å². The maximum Gasteiger partial charge on any atom is 0.183 e. The lowest BCUT2D eigenvalue weighted by Crippen LogP contribution is -2.50. The van der Waals surface area contributed by atoms with E-state index >= 15 is 0 Å². The molecule has 0 aromatic heterocycles. The Kier molecular flexibility index (Phi) is 4.91. The molecule has 3 rings (SSSR count). The first kappa shape index (κ1) is 15.7. The van der Waals surface area contributed by atoms with E-state index in [9.17, 15) is 4.79 Å². The van der Waals surface area contributed by atoms with Crippen molar-refractivity contribution in [2.24, 2.45) is 5.92 Å². The molecule has 2 unspecified atom stereocenters. The summed E-state index contributed by atoms with van der Waals surface area (Å²) in [7, 11) is 3.20. The van der Waals surface area contributed by atoms with Gasteiger partial charge in [-0.3, -0.25) is 4.79 Å². The molecule has 1 aromatic carbocycles. The molecule has 0 spiro atoms. The van der Waals surface area contributed by atoms with Gasteiger partial charge in [0.25, 0.3) is 0 Å². The van der Waals surface area contributed by atoms with Crippen LogP contribution in [0.2, 0.25) is 0 Å². The molecule has 0 radical (unpaired) electrons. The highest BCUT2D eigenvalue weighted by atomic mass is 16.7. The molecule has 1 aromatic rings. The molecule has 2 aliphatic heterocycles. The van der Waals surface area contributed by atoms with Gasteiger partial charge in [0, 0.05) is 43.3 Å². The maximum absolute atomic E-state index is 13.0. The molecular formula is C18H25NO3. The number of hydrogen-bond donors (Lipinski definition) is 1. The van der Waals surface area contributed by atoms with Crippen LogP contribution in [0.25, 0.3) is 0 Å². The molecule has 4 heteroatoms. The van der Waals surface area contributed by atoms with Gasteiger partial charge in [-0.15, -0.1) is 0 Å². The Balaban J connectivity index is 1.83. The number of carbonyl (C=O) groups is 1. The zero-order valence-electron chi connectivity index (χ0n) is 13.4. The highest BCUT2D eigenvalue weighted by Crippen LogP contribution is 2.33. The van der Waals surface area contributed by atoms with Crippen LogP contribution in [0.3, 0.4) is 0 Å². The van der Waals surface area contributed by atoms with Crippen LogP contribution in [0.5, 0.6) is 0 Å². The predicted octanol–water partition coefficient (Wildman–Crippen LogP) is 3.08. The summed E-state index contributed by atoms with van der Waals surface area (Å²) in [6.45, 7) is 0. The van der Waals surface area contributed by atoms with Gasteiger partial charge in [0.05, 0.1) is 0 Å². The Bertz CT molecular complexity index is 515. The molecule has 2 aliphatic rings. The molecule has 0 amide bonds. The van der Waals surface area contributed by atoms with E-state index in [2.05, 4.69) is 5.32 Å². The number of ketones is 1. The molecular weight excluding hydrogens is 278 g/mol. The zero-order chi connectivity index (χ0) is 15.5. The van der Waals surface area contributed by atoms with Gasteiger partial charge in [0.15, 0.2) is 12.1 Å². The molecule has 0 aliphatic carbocycles. The van der Waals surface area contributed by atoms with Gasteiger partial charge in [0.2, 0.25) is 0 Å². The summed E-state index contributed by atoms with van der Waals surface area (Å²) in [6.07, 6.45) is 5.10. The number of hydrogen-bond acceptors (Lipinski definition) is 4. The van der Waals surface area contributed by atoms with E-state index in [1.165, 1.54) is 19.3 Å². The number of rotatable bonds is 5. The number of nitrogens with one attached hydrogen (secondary N) is 1. The highest BCUT2D eigenvalue weighted by Gasteiger charge is 2.35. The molecule has 2 atom stereocenters. The third kappa shape index (κ3) is 3.09. The van der Waals surface area contributed by atoms with Crippen molar-refractivity contribution in [3.63, 3.8) is 0 Å². The lowest BCUT2D eigenvalue weighted by atomic mass is 9.76. The molecule has 0 saturated carbocycles. The second-order valence-electron chi connectivity index (χ2n) is 6.41. The largest absolute Gasteiger partial charge is 0.352 e. The average molecular weight is 303 g/mol. The summed E-state index contributed by atoms with van der Waals surface area (Å²) in [5.74, 6) is 0.361. The van der Waals surface area contributed by atoms with E-state index in [0.29, 0.717) is 12.1 Å². The topological polar surface area (TPSA) is 47.6 Å².